The van der Waals surface area contributed by atoms with Crippen LogP contribution in [-0.4, -0.2) is 16.9 Å². The number of hydrogen-bond donors (Lipinski definition) is 1. The van der Waals surface area contributed by atoms with Crippen LogP contribution in [0.2, 0.25) is 0 Å². The fourth-order valence-electron chi connectivity index (χ4n) is 2.12. The smallest absolute Gasteiger partial charge is 0.161 e. The molecule has 0 amide bonds. The Balaban J connectivity index is 2.13. The largest absolute Gasteiger partial charge is 0.493 e. The summed E-state index contributed by atoms with van der Waals surface area (Å²) in [6, 6.07) is 7.80. The number of ether oxygens (including phenoxy) is 2. The van der Waals surface area contributed by atoms with Crippen LogP contribution < -0.4 is 15.2 Å². The molecule has 5 heteroatoms. The van der Waals surface area contributed by atoms with Crippen molar-refractivity contribution in [3.05, 3.63) is 41.2 Å². The topological polar surface area (TPSA) is 62.3 Å². The highest BCUT2D eigenvalue weighted by molar-refractivity contribution is 5.43. The van der Waals surface area contributed by atoms with E-state index in [1.807, 2.05) is 36.9 Å². The Bertz CT molecular complexity index is 606. The summed E-state index contributed by atoms with van der Waals surface area (Å²) in [5.74, 6) is 1.41. The van der Waals surface area contributed by atoms with Crippen molar-refractivity contribution in [2.45, 2.75) is 32.9 Å². The second kappa shape index (κ2) is 6.63. The average Bonchev–Trinajstić information content (AvgIpc) is 2.85. The van der Waals surface area contributed by atoms with Gasteiger partial charge in [0, 0.05) is 13.1 Å². The van der Waals surface area contributed by atoms with Crippen molar-refractivity contribution in [2.75, 3.05) is 7.11 Å². The van der Waals surface area contributed by atoms with Gasteiger partial charge in [0.15, 0.2) is 11.5 Å². The Kier molecular flexibility index (Phi) is 4.85. The van der Waals surface area contributed by atoms with Gasteiger partial charge in [-0.2, -0.15) is 5.10 Å². The third-order valence-corrected chi connectivity index (χ3v) is 3.48. The third kappa shape index (κ3) is 3.55. The second-order valence-electron chi connectivity index (χ2n) is 5.09. The van der Waals surface area contributed by atoms with Crippen molar-refractivity contribution in [2.24, 2.45) is 12.8 Å². The molecule has 0 unspecified atom stereocenters. The highest BCUT2D eigenvalue weighted by Crippen LogP contribution is 2.30. The van der Waals surface area contributed by atoms with Gasteiger partial charge in [0.25, 0.3) is 0 Å². The molecule has 2 N–H and O–H groups in total. The van der Waals surface area contributed by atoms with Crippen LogP contribution in [0.25, 0.3) is 0 Å². The summed E-state index contributed by atoms with van der Waals surface area (Å²) >= 11 is 0. The van der Waals surface area contributed by atoms with Gasteiger partial charge in [-0.3, -0.25) is 4.68 Å². The zero-order chi connectivity index (χ0) is 15.4. The van der Waals surface area contributed by atoms with Crippen LogP contribution in [0.4, 0.5) is 0 Å². The number of aryl methyl sites for hydroxylation is 2. The van der Waals surface area contributed by atoms with Crippen molar-refractivity contribution in [1.82, 2.24) is 9.78 Å². The molecule has 1 aromatic carbocycles. The minimum atomic E-state index is -0.0304. The summed E-state index contributed by atoms with van der Waals surface area (Å²) in [6.45, 7) is 4.48. The summed E-state index contributed by atoms with van der Waals surface area (Å²) in [5, 5.41) is 4.41. The van der Waals surface area contributed by atoms with E-state index in [0.717, 1.165) is 23.4 Å². The Morgan fingerprint density at radius 3 is 2.62 bits per heavy atom. The van der Waals surface area contributed by atoms with Gasteiger partial charge < -0.3 is 15.2 Å². The molecule has 0 aliphatic heterocycles. The molecule has 0 fully saturated rings. The molecular formula is C16H23N3O2. The van der Waals surface area contributed by atoms with E-state index in [9.17, 15) is 0 Å². The predicted molar refractivity (Wildman–Crippen MR) is 82.5 cm³/mol. The maximum atomic E-state index is 5.88. The number of nitrogens with zero attached hydrogens (tertiary/aromatic N) is 2. The summed E-state index contributed by atoms with van der Waals surface area (Å²) in [7, 11) is 3.56. The average molecular weight is 289 g/mol. The van der Waals surface area contributed by atoms with Gasteiger partial charge in [-0.1, -0.05) is 13.0 Å². The maximum Gasteiger partial charge on any atom is 0.161 e. The molecule has 1 atom stereocenters. The van der Waals surface area contributed by atoms with Crippen LogP contribution in [-0.2, 0) is 20.1 Å². The van der Waals surface area contributed by atoms with E-state index in [2.05, 4.69) is 18.1 Å². The summed E-state index contributed by atoms with van der Waals surface area (Å²) in [6.07, 6.45) is 0.917. The number of benzene rings is 1. The van der Waals surface area contributed by atoms with E-state index in [4.69, 9.17) is 15.2 Å². The lowest BCUT2D eigenvalue weighted by Gasteiger charge is -2.13. The molecule has 1 heterocycles. The van der Waals surface area contributed by atoms with Crippen LogP contribution in [0.15, 0.2) is 24.3 Å². The zero-order valence-electron chi connectivity index (χ0n) is 13.1. The maximum absolute atomic E-state index is 5.88. The van der Waals surface area contributed by atoms with E-state index in [1.54, 1.807) is 7.11 Å². The molecule has 0 aliphatic rings. The molecule has 0 saturated carbocycles. The lowest BCUT2D eigenvalue weighted by atomic mass is 10.1. The van der Waals surface area contributed by atoms with E-state index in [0.29, 0.717) is 18.1 Å². The first-order valence-electron chi connectivity index (χ1n) is 7.13. The minimum Gasteiger partial charge on any atom is -0.493 e. The van der Waals surface area contributed by atoms with Crippen molar-refractivity contribution >= 4 is 0 Å². The Morgan fingerprint density at radius 1 is 1.29 bits per heavy atom. The predicted octanol–water partition coefficient (Wildman–Crippen LogP) is 2.59. The molecule has 2 rings (SSSR count). The highest BCUT2D eigenvalue weighted by atomic mass is 16.5. The minimum absolute atomic E-state index is 0.0304. The summed E-state index contributed by atoms with van der Waals surface area (Å²) in [4.78, 5) is 0. The number of nitrogens with two attached hydrogens (primary N) is 1. The molecule has 2 aromatic rings. The van der Waals surface area contributed by atoms with Crippen LogP contribution in [0.5, 0.6) is 11.5 Å². The van der Waals surface area contributed by atoms with E-state index in [-0.39, 0.29) is 6.04 Å². The molecule has 0 spiro atoms. The first kappa shape index (κ1) is 15.4. The van der Waals surface area contributed by atoms with Gasteiger partial charge >= 0.3 is 0 Å². The first-order valence-corrected chi connectivity index (χ1v) is 7.13. The van der Waals surface area contributed by atoms with E-state index in [1.165, 1.54) is 0 Å². The first-order chi connectivity index (χ1) is 10.0. The molecule has 114 valence electrons. The molecule has 0 saturated heterocycles. The third-order valence-electron chi connectivity index (χ3n) is 3.48. The van der Waals surface area contributed by atoms with Crippen molar-refractivity contribution in [3.8, 4) is 11.5 Å². The van der Waals surface area contributed by atoms with Gasteiger partial charge in [0.2, 0.25) is 0 Å². The van der Waals surface area contributed by atoms with Crippen LogP contribution in [0, 0.1) is 0 Å². The SMILES string of the molecule is CCc1cc(COc2ccc([C@@H](C)N)cc2OC)n(C)n1. The Hall–Kier alpha value is -2.01. The fourth-order valence-corrected chi connectivity index (χ4v) is 2.12. The van der Waals surface area contributed by atoms with Crippen molar-refractivity contribution in [3.63, 3.8) is 0 Å². The molecule has 5 nitrogen and oxygen atoms in total. The highest BCUT2D eigenvalue weighted by Gasteiger charge is 2.10. The van der Waals surface area contributed by atoms with Crippen molar-refractivity contribution < 1.29 is 9.47 Å². The number of rotatable bonds is 6. The molecule has 21 heavy (non-hydrogen) atoms. The number of hydrogen-bond acceptors (Lipinski definition) is 4. The van der Waals surface area contributed by atoms with Crippen molar-refractivity contribution in [1.29, 1.82) is 0 Å². The molecule has 1 aromatic heterocycles. The molecule has 0 radical (unpaired) electrons. The Labute approximate surface area is 125 Å². The summed E-state index contributed by atoms with van der Waals surface area (Å²) < 4.78 is 13.1. The van der Waals surface area contributed by atoms with Crippen LogP contribution >= 0.6 is 0 Å². The van der Waals surface area contributed by atoms with Gasteiger partial charge in [0.1, 0.15) is 6.61 Å². The van der Waals surface area contributed by atoms with Crippen LogP contribution in [0.1, 0.15) is 36.8 Å². The van der Waals surface area contributed by atoms with Gasteiger partial charge in [0.05, 0.1) is 18.5 Å². The lowest BCUT2D eigenvalue weighted by Crippen LogP contribution is -2.06. The normalized spacial score (nSPS) is 12.2. The monoisotopic (exact) mass is 289 g/mol. The Morgan fingerprint density at radius 2 is 2.05 bits per heavy atom. The second-order valence-corrected chi connectivity index (χ2v) is 5.09. The van der Waals surface area contributed by atoms with Crippen LogP contribution in [0.3, 0.4) is 0 Å². The van der Waals surface area contributed by atoms with Gasteiger partial charge in [-0.25, -0.2) is 0 Å². The van der Waals surface area contributed by atoms with E-state index < -0.39 is 0 Å². The molecule has 0 aliphatic carbocycles. The number of methoxy groups -OCH3 is 1. The standard InChI is InChI=1S/C16H23N3O2/c1-5-13-9-14(19(3)18-13)10-21-15-7-6-12(11(2)17)8-16(15)20-4/h6-9,11H,5,10,17H2,1-4H3/t11-/m1/s1. The van der Waals surface area contributed by atoms with E-state index >= 15 is 0 Å². The molecular weight excluding hydrogens is 266 g/mol. The zero-order valence-corrected chi connectivity index (χ0v) is 13.1. The summed E-state index contributed by atoms with van der Waals surface area (Å²) in [5.41, 5.74) is 9.00. The number of aromatic nitrogens is 2. The fraction of sp³-hybridized carbons (Fsp3) is 0.438. The lowest BCUT2D eigenvalue weighted by molar-refractivity contribution is 0.275. The molecule has 0 bridgehead atoms. The quantitative estimate of drug-likeness (QED) is 0.888. The van der Waals surface area contributed by atoms with Gasteiger partial charge in [-0.15, -0.1) is 0 Å². The van der Waals surface area contributed by atoms with Gasteiger partial charge in [-0.05, 0) is 37.1 Å².